The molecule has 0 atom stereocenters. The van der Waals surface area contributed by atoms with E-state index < -0.39 is 0 Å². The van der Waals surface area contributed by atoms with Crippen molar-refractivity contribution in [3.63, 3.8) is 0 Å². The van der Waals surface area contributed by atoms with Gasteiger partial charge in [0.2, 0.25) is 5.95 Å². The lowest BCUT2D eigenvalue weighted by Crippen LogP contribution is -2.04. The Balaban J connectivity index is 1.79. The first kappa shape index (κ1) is 27.3. The van der Waals surface area contributed by atoms with Crippen LogP contribution < -0.4 is 30.4 Å². The van der Waals surface area contributed by atoms with Gasteiger partial charge in [0.15, 0.2) is 25.1 Å². The van der Waals surface area contributed by atoms with E-state index in [1.54, 1.807) is 34.6 Å². The Labute approximate surface area is 226 Å². The summed E-state index contributed by atoms with van der Waals surface area (Å²) in [6, 6.07) is 13.3. The third-order valence-corrected chi connectivity index (χ3v) is 5.79. The molecule has 0 aliphatic heterocycles. The molecule has 0 radical (unpaired) electrons. The number of ether oxygens (including phenoxy) is 6. The fraction of sp³-hybridized carbons (Fsp3) is 0.241. The minimum atomic E-state index is 0.0546. The van der Waals surface area contributed by atoms with Crippen molar-refractivity contribution in [2.75, 3.05) is 53.5 Å². The van der Waals surface area contributed by atoms with Crippen molar-refractivity contribution in [2.45, 2.75) is 6.42 Å². The second-order valence-corrected chi connectivity index (χ2v) is 8.37. The van der Waals surface area contributed by atoms with Gasteiger partial charge in [-0.3, -0.25) is 0 Å². The Morgan fingerprint density at radius 1 is 0.795 bits per heavy atom. The maximum Gasteiger partial charge on any atom is 0.221 e. The van der Waals surface area contributed by atoms with Crippen LogP contribution in [0.2, 0.25) is 0 Å². The molecule has 1 heterocycles. The van der Waals surface area contributed by atoms with Crippen molar-refractivity contribution in [1.82, 2.24) is 9.97 Å². The van der Waals surface area contributed by atoms with E-state index in [9.17, 15) is 0 Å². The molecule has 0 saturated heterocycles. The summed E-state index contributed by atoms with van der Waals surface area (Å²) >= 11 is 0. The molecule has 4 rings (SSSR count). The van der Waals surface area contributed by atoms with Gasteiger partial charge in [0.1, 0.15) is 17.3 Å². The third-order valence-electron chi connectivity index (χ3n) is 5.79. The third kappa shape index (κ3) is 6.41. The summed E-state index contributed by atoms with van der Waals surface area (Å²) in [5.74, 6) is 9.14. The van der Waals surface area contributed by atoms with Crippen molar-refractivity contribution in [3.05, 3.63) is 70.9 Å². The van der Waals surface area contributed by atoms with Gasteiger partial charge in [-0.15, -0.1) is 0 Å². The van der Waals surface area contributed by atoms with Crippen molar-refractivity contribution in [2.24, 2.45) is 0 Å². The number of nitrogens with two attached hydrogens (primary N) is 2. The Hall–Kier alpha value is -4.72. The molecule has 0 fully saturated rings. The first-order valence-corrected chi connectivity index (χ1v) is 11.9. The van der Waals surface area contributed by atoms with E-state index in [0.717, 1.165) is 21.9 Å². The summed E-state index contributed by atoms with van der Waals surface area (Å²) in [5, 5.41) is 1.78. The molecule has 0 aliphatic carbocycles. The summed E-state index contributed by atoms with van der Waals surface area (Å²) in [5.41, 5.74) is 14.6. The SMILES string of the molecule is COCOc1cc2c(OCOC)cccc2cc1C#Cc1cc(Cc2cnc(N)nc2N)cc(OC)c1OC. The van der Waals surface area contributed by atoms with Crippen LogP contribution in [0.5, 0.6) is 23.0 Å². The second-order valence-electron chi connectivity index (χ2n) is 8.37. The quantitative estimate of drug-likeness (QED) is 0.231. The molecule has 0 spiro atoms. The highest BCUT2D eigenvalue weighted by Crippen LogP contribution is 2.35. The molecule has 0 amide bonds. The van der Waals surface area contributed by atoms with Crippen LogP contribution in [-0.4, -0.2) is 52.0 Å². The van der Waals surface area contributed by atoms with Gasteiger partial charge in [0.05, 0.1) is 25.3 Å². The van der Waals surface area contributed by atoms with E-state index in [1.165, 1.54) is 0 Å². The van der Waals surface area contributed by atoms with E-state index in [0.29, 0.717) is 46.4 Å². The number of hydrogen-bond donors (Lipinski definition) is 2. The lowest BCUT2D eigenvalue weighted by molar-refractivity contribution is 0.0502. The predicted molar refractivity (Wildman–Crippen MR) is 148 cm³/mol. The van der Waals surface area contributed by atoms with Gasteiger partial charge in [0, 0.05) is 37.8 Å². The molecule has 39 heavy (non-hydrogen) atoms. The molecule has 3 aromatic carbocycles. The topological polar surface area (TPSA) is 133 Å². The minimum Gasteiger partial charge on any atom is -0.493 e. The number of nitrogens with zero attached hydrogens (tertiary/aromatic N) is 2. The van der Waals surface area contributed by atoms with Gasteiger partial charge in [-0.1, -0.05) is 24.0 Å². The van der Waals surface area contributed by atoms with Gasteiger partial charge in [-0.05, 0) is 41.3 Å². The van der Waals surface area contributed by atoms with E-state index in [1.807, 2.05) is 42.5 Å². The van der Waals surface area contributed by atoms with Crippen molar-refractivity contribution < 1.29 is 28.4 Å². The highest BCUT2D eigenvalue weighted by atomic mass is 16.7. The summed E-state index contributed by atoms with van der Waals surface area (Å²) in [4.78, 5) is 8.10. The monoisotopic (exact) mass is 530 g/mol. The lowest BCUT2D eigenvalue weighted by atomic mass is 10.0. The smallest absolute Gasteiger partial charge is 0.221 e. The molecule has 1 aromatic heterocycles. The summed E-state index contributed by atoms with van der Waals surface area (Å²) < 4.78 is 33.0. The highest BCUT2D eigenvalue weighted by molar-refractivity contribution is 5.91. The van der Waals surface area contributed by atoms with Crippen LogP contribution in [0.1, 0.15) is 22.3 Å². The van der Waals surface area contributed by atoms with Gasteiger partial charge in [0.25, 0.3) is 0 Å². The van der Waals surface area contributed by atoms with E-state index in [2.05, 4.69) is 21.8 Å². The molecule has 0 saturated carbocycles. The van der Waals surface area contributed by atoms with Crippen LogP contribution in [0.15, 0.2) is 48.7 Å². The molecular formula is C29H30N4O6. The molecule has 10 nitrogen and oxygen atoms in total. The molecule has 4 aromatic rings. The molecule has 0 aliphatic rings. The average molecular weight is 531 g/mol. The van der Waals surface area contributed by atoms with Crippen LogP contribution in [0.3, 0.4) is 0 Å². The number of anilines is 2. The fourth-order valence-corrected chi connectivity index (χ4v) is 4.01. The predicted octanol–water partition coefficient (Wildman–Crippen LogP) is 3.77. The zero-order valence-corrected chi connectivity index (χ0v) is 22.2. The van der Waals surface area contributed by atoms with Crippen LogP contribution in [0.4, 0.5) is 11.8 Å². The second kappa shape index (κ2) is 12.7. The number of fused-ring (bicyclic) bond motifs is 1. The number of aromatic nitrogens is 2. The van der Waals surface area contributed by atoms with Gasteiger partial charge in [-0.25, -0.2) is 4.98 Å². The van der Waals surface area contributed by atoms with E-state index in [-0.39, 0.29) is 19.5 Å². The Bertz CT molecular complexity index is 1530. The lowest BCUT2D eigenvalue weighted by Gasteiger charge is -2.13. The number of hydrogen-bond acceptors (Lipinski definition) is 10. The van der Waals surface area contributed by atoms with Crippen LogP contribution in [0.25, 0.3) is 10.8 Å². The van der Waals surface area contributed by atoms with Crippen LogP contribution >= 0.6 is 0 Å². The minimum absolute atomic E-state index is 0.0546. The molecule has 10 heteroatoms. The summed E-state index contributed by atoms with van der Waals surface area (Å²) in [6.45, 7) is 0.181. The molecular weight excluding hydrogens is 500 g/mol. The molecule has 0 bridgehead atoms. The van der Waals surface area contributed by atoms with Crippen molar-refractivity contribution in [3.8, 4) is 34.8 Å². The van der Waals surface area contributed by atoms with Crippen LogP contribution in [-0.2, 0) is 15.9 Å². The van der Waals surface area contributed by atoms with E-state index in [4.69, 9.17) is 39.9 Å². The number of benzene rings is 3. The highest BCUT2D eigenvalue weighted by Gasteiger charge is 2.14. The average Bonchev–Trinajstić information content (AvgIpc) is 2.94. The molecule has 202 valence electrons. The number of methoxy groups -OCH3 is 4. The fourth-order valence-electron chi connectivity index (χ4n) is 4.01. The maximum absolute atomic E-state index is 6.05. The Morgan fingerprint density at radius 2 is 1.54 bits per heavy atom. The maximum atomic E-state index is 6.05. The van der Waals surface area contributed by atoms with Crippen molar-refractivity contribution >= 4 is 22.5 Å². The summed E-state index contributed by atoms with van der Waals surface area (Å²) in [6.07, 6.45) is 2.06. The van der Waals surface area contributed by atoms with E-state index >= 15 is 0 Å². The van der Waals surface area contributed by atoms with Crippen LogP contribution in [0, 0.1) is 11.8 Å². The van der Waals surface area contributed by atoms with Gasteiger partial charge >= 0.3 is 0 Å². The first-order valence-electron chi connectivity index (χ1n) is 11.9. The normalized spacial score (nSPS) is 10.6. The number of nitrogen functional groups attached to an aromatic ring is 2. The zero-order chi connectivity index (χ0) is 27.8. The summed E-state index contributed by atoms with van der Waals surface area (Å²) in [7, 11) is 6.27. The first-order chi connectivity index (χ1) is 19.0. The zero-order valence-electron chi connectivity index (χ0n) is 22.2. The van der Waals surface area contributed by atoms with Gasteiger partial charge < -0.3 is 39.9 Å². The molecule has 4 N–H and O–H groups in total. The Kier molecular flexibility index (Phi) is 8.89. The molecule has 0 unspecified atom stereocenters. The Morgan fingerprint density at radius 3 is 2.23 bits per heavy atom. The van der Waals surface area contributed by atoms with Crippen molar-refractivity contribution in [1.29, 1.82) is 0 Å². The standard InChI is InChI=1S/C29H30N4O6/c1-34-16-38-24-7-5-6-19-13-20(25(14-23(19)24)39-17-35-2)8-9-21-10-18(12-26(36-3)27(21)37-4)11-22-15-32-29(31)33-28(22)30/h5-7,10,12-15H,11,16-17H2,1-4H3,(H4,30,31,32,33). The largest absolute Gasteiger partial charge is 0.493 e. The van der Waals surface area contributed by atoms with Gasteiger partial charge in [-0.2, -0.15) is 4.98 Å². The number of rotatable bonds is 10.